The van der Waals surface area contributed by atoms with Gasteiger partial charge in [0.05, 0.1) is 55.3 Å². The van der Waals surface area contributed by atoms with Crippen LogP contribution < -0.4 is 10.6 Å². The molecular formula is C53H81N5O10. The minimum absolute atomic E-state index is 0.0317. The maximum absolute atomic E-state index is 14.6. The van der Waals surface area contributed by atoms with Gasteiger partial charge in [-0.1, -0.05) is 110 Å². The maximum Gasteiger partial charge on any atom is 0.410 e. The van der Waals surface area contributed by atoms with Gasteiger partial charge in [0.1, 0.15) is 17.7 Å². The summed E-state index contributed by atoms with van der Waals surface area (Å²) < 4.78 is 22.6. The number of amides is 5. The molecule has 0 radical (unpaired) electrons. The molecule has 0 aliphatic carbocycles. The van der Waals surface area contributed by atoms with Crippen molar-refractivity contribution in [2.75, 3.05) is 42.0 Å². The van der Waals surface area contributed by atoms with Crippen molar-refractivity contribution in [3.8, 4) is 0 Å². The first-order valence-electron chi connectivity index (χ1n) is 24.1. The minimum atomic E-state index is -0.944. The first kappa shape index (κ1) is 57.0. The van der Waals surface area contributed by atoms with Crippen LogP contribution in [0.25, 0.3) is 6.08 Å². The normalized spacial score (nSPS) is 17.7. The van der Waals surface area contributed by atoms with Crippen LogP contribution in [-0.4, -0.2) is 140 Å². The number of rotatable bonds is 23. The van der Waals surface area contributed by atoms with E-state index in [9.17, 15) is 28.8 Å². The molecule has 1 fully saturated rings. The molecule has 15 nitrogen and oxygen atoms in total. The highest BCUT2D eigenvalue weighted by Crippen LogP contribution is 2.30. The lowest BCUT2D eigenvalue weighted by Gasteiger charge is -2.41. The maximum atomic E-state index is 14.6. The van der Waals surface area contributed by atoms with E-state index < -0.39 is 65.9 Å². The van der Waals surface area contributed by atoms with Crippen LogP contribution in [0.15, 0.2) is 60.7 Å². The van der Waals surface area contributed by atoms with Crippen LogP contribution in [0.1, 0.15) is 116 Å². The summed E-state index contributed by atoms with van der Waals surface area (Å²) in [6.07, 6.45) is 4.40. The van der Waals surface area contributed by atoms with Crippen LogP contribution in [0.3, 0.4) is 0 Å². The first-order chi connectivity index (χ1) is 32.0. The summed E-state index contributed by atoms with van der Waals surface area (Å²) >= 11 is 0. The second-order valence-electron chi connectivity index (χ2n) is 19.9. The SMILES string of the molecule is CC[C@H](C)[C@@H]([C@@H](CC(=O)N1CCC[C@H]1[C@H](OC)[C@@H](C)C(=O)N[C@H](C=Cc1ccc(C(=O)OC)cc1)Cc1ccccc1)OC)N(C)C(=O)[C@@H](NC(=O)[C@H](C(C)C)N(C)C(=O)OC(C)(C)C)C(C)C. The Morgan fingerprint density at radius 3 is 1.99 bits per heavy atom. The summed E-state index contributed by atoms with van der Waals surface area (Å²) in [5.74, 6) is -2.99. The van der Waals surface area contributed by atoms with E-state index in [1.165, 1.54) is 26.2 Å². The molecule has 2 aromatic rings. The van der Waals surface area contributed by atoms with Crippen LogP contribution in [-0.2, 0) is 44.5 Å². The van der Waals surface area contributed by atoms with E-state index >= 15 is 0 Å². The monoisotopic (exact) mass is 948 g/mol. The molecule has 0 unspecified atom stereocenters. The van der Waals surface area contributed by atoms with Gasteiger partial charge in [-0.3, -0.25) is 24.1 Å². The van der Waals surface area contributed by atoms with Gasteiger partial charge in [0.15, 0.2) is 0 Å². The standard InChI is InChI=1S/C53H81N5O10/c1-16-35(6)46(56(11)50(62)44(33(2)3)55-49(61)45(34(4)5)57(12)52(64)68-53(8,9)10)42(65-13)32-43(59)58-30-20-23-41(58)47(66-14)36(7)48(60)54-40(31-38-21-18-17-19-22-38)29-26-37-24-27-39(28-25-37)51(63)67-15/h17-19,21-22,24-29,33-36,40-42,44-47H,16,20,23,30-32H2,1-15H3,(H,54,60)(H,55,61)/t35-,36+,40+,41-,42+,44-,45-,46-,47+/m0/s1. The molecule has 0 aromatic heterocycles. The summed E-state index contributed by atoms with van der Waals surface area (Å²) in [4.78, 5) is 86.9. The smallest absolute Gasteiger partial charge is 0.410 e. The summed E-state index contributed by atoms with van der Waals surface area (Å²) in [5.41, 5.74) is 1.56. The number of carbonyl (C=O) groups excluding carboxylic acids is 6. The highest BCUT2D eigenvalue weighted by Gasteiger charge is 2.44. The highest BCUT2D eigenvalue weighted by atomic mass is 16.6. The van der Waals surface area contributed by atoms with Crippen LogP contribution in [0.2, 0.25) is 0 Å². The van der Waals surface area contributed by atoms with E-state index in [0.29, 0.717) is 31.4 Å². The fraction of sp³-hybridized carbons (Fsp3) is 0.623. The minimum Gasteiger partial charge on any atom is -0.465 e. The van der Waals surface area contributed by atoms with E-state index in [-0.39, 0.29) is 47.9 Å². The lowest BCUT2D eigenvalue weighted by molar-refractivity contribution is -0.148. The molecule has 0 saturated carbocycles. The molecule has 1 aliphatic rings. The molecule has 2 aromatic carbocycles. The number of methoxy groups -OCH3 is 3. The summed E-state index contributed by atoms with van der Waals surface area (Å²) in [6.45, 7) is 19.0. The number of nitrogens with one attached hydrogen (secondary N) is 2. The zero-order valence-corrected chi connectivity index (χ0v) is 43.4. The molecule has 68 heavy (non-hydrogen) atoms. The van der Waals surface area contributed by atoms with Crippen LogP contribution in [0.4, 0.5) is 4.79 Å². The number of esters is 1. The molecule has 15 heteroatoms. The first-order valence-corrected chi connectivity index (χ1v) is 24.1. The fourth-order valence-corrected chi connectivity index (χ4v) is 9.08. The Labute approximate surface area is 406 Å². The van der Waals surface area contributed by atoms with Gasteiger partial charge >= 0.3 is 12.1 Å². The van der Waals surface area contributed by atoms with Crippen molar-refractivity contribution in [1.82, 2.24) is 25.3 Å². The second kappa shape index (κ2) is 26.5. The number of ether oxygens (including phenoxy) is 4. The van der Waals surface area contributed by atoms with E-state index in [4.69, 9.17) is 18.9 Å². The van der Waals surface area contributed by atoms with Crippen molar-refractivity contribution in [2.24, 2.45) is 23.7 Å². The average molecular weight is 948 g/mol. The van der Waals surface area contributed by atoms with E-state index in [0.717, 1.165) is 17.5 Å². The van der Waals surface area contributed by atoms with Gasteiger partial charge < -0.3 is 39.4 Å². The summed E-state index contributed by atoms with van der Waals surface area (Å²) in [7, 11) is 7.65. The molecule has 9 atom stereocenters. The summed E-state index contributed by atoms with van der Waals surface area (Å²) in [6, 6.07) is 13.7. The Hall–Kier alpha value is -5.28. The van der Waals surface area contributed by atoms with Crippen molar-refractivity contribution in [2.45, 2.75) is 149 Å². The fourth-order valence-electron chi connectivity index (χ4n) is 9.08. The predicted octanol–water partition coefficient (Wildman–Crippen LogP) is 7.17. The van der Waals surface area contributed by atoms with Gasteiger partial charge in [0, 0.05) is 34.9 Å². The third kappa shape index (κ3) is 15.9. The Kier molecular flexibility index (Phi) is 22.2. The lowest BCUT2D eigenvalue weighted by atomic mass is 9.89. The van der Waals surface area contributed by atoms with Crippen molar-refractivity contribution in [3.63, 3.8) is 0 Å². The van der Waals surface area contributed by atoms with Crippen LogP contribution in [0.5, 0.6) is 0 Å². The van der Waals surface area contributed by atoms with Gasteiger partial charge in [-0.2, -0.15) is 0 Å². The number of likely N-dealkylation sites (tertiary alicyclic amines) is 1. The second-order valence-corrected chi connectivity index (χ2v) is 19.9. The molecule has 5 amide bonds. The van der Waals surface area contributed by atoms with Crippen LogP contribution >= 0.6 is 0 Å². The van der Waals surface area contributed by atoms with Crippen molar-refractivity contribution >= 4 is 41.8 Å². The highest BCUT2D eigenvalue weighted by molar-refractivity contribution is 5.92. The predicted molar refractivity (Wildman–Crippen MR) is 264 cm³/mol. The zero-order chi connectivity index (χ0) is 51.0. The average Bonchev–Trinajstić information content (AvgIpc) is 3.78. The Balaban J connectivity index is 1.82. The number of benzene rings is 2. The summed E-state index contributed by atoms with van der Waals surface area (Å²) in [5, 5.41) is 6.18. The molecule has 378 valence electrons. The van der Waals surface area contributed by atoms with E-state index in [1.54, 1.807) is 56.9 Å². The molecule has 1 saturated heterocycles. The third-order valence-electron chi connectivity index (χ3n) is 13.0. The number of likely N-dealkylation sites (N-methyl/N-ethyl adjacent to an activating group) is 2. The molecular weight excluding hydrogens is 867 g/mol. The topological polar surface area (TPSA) is 173 Å². The Morgan fingerprint density at radius 2 is 1.46 bits per heavy atom. The quantitative estimate of drug-likeness (QED) is 0.109. The molecule has 1 aliphatic heterocycles. The number of hydrogen-bond acceptors (Lipinski definition) is 10. The molecule has 1 heterocycles. The van der Waals surface area contributed by atoms with Crippen LogP contribution in [0, 0.1) is 23.7 Å². The van der Waals surface area contributed by atoms with E-state index in [2.05, 4.69) is 10.6 Å². The molecule has 0 spiro atoms. The molecule has 3 rings (SSSR count). The van der Waals surface area contributed by atoms with Gasteiger partial charge in [-0.05, 0) is 81.0 Å². The number of hydrogen-bond donors (Lipinski definition) is 2. The van der Waals surface area contributed by atoms with Gasteiger partial charge in [0.2, 0.25) is 23.6 Å². The van der Waals surface area contributed by atoms with Crippen molar-refractivity contribution in [1.29, 1.82) is 0 Å². The van der Waals surface area contributed by atoms with Gasteiger partial charge in [0.25, 0.3) is 0 Å². The van der Waals surface area contributed by atoms with Crippen molar-refractivity contribution < 1.29 is 47.7 Å². The Morgan fingerprint density at radius 1 is 0.824 bits per heavy atom. The number of carbonyl (C=O) groups is 6. The van der Waals surface area contributed by atoms with Crippen molar-refractivity contribution in [3.05, 3.63) is 77.4 Å². The Bertz CT molecular complexity index is 1980. The van der Waals surface area contributed by atoms with Gasteiger partial charge in [-0.15, -0.1) is 0 Å². The molecule has 2 N–H and O–H groups in total. The van der Waals surface area contributed by atoms with Gasteiger partial charge in [-0.25, -0.2) is 9.59 Å². The number of nitrogens with zero attached hydrogens (tertiary/aromatic N) is 3. The molecule has 0 bridgehead atoms. The zero-order valence-electron chi connectivity index (χ0n) is 43.4. The van der Waals surface area contributed by atoms with E-state index in [1.807, 2.05) is 103 Å². The third-order valence-corrected chi connectivity index (χ3v) is 13.0. The lowest BCUT2D eigenvalue weighted by Crippen LogP contribution is -2.60. The largest absolute Gasteiger partial charge is 0.465 e.